The van der Waals surface area contributed by atoms with Crippen molar-refractivity contribution in [1.29, 1.82) is 0 Å². The van der Waals surface area contributed by atoms with Gasteiger partial charge in [0.15, 0.2) is 5.65 Å². The lowest BCUT2D eigenvalue weighted by atomic mass is 10.4. The number of aromatic amines is 1. The summed E-state index contributed by atoms with van der Waals surface area (Å²) in [7, 11) is -6.40. The monoisotopic (exact) mass is 265 g/mol. The van der Waals surface area contributed by atoms with Gasteiger partial charge in [-0.25, -0.2) is 14.3 Å². The fourth-order valence-corrected chi connectivity index (χ4v) is 1.45. The number of nitrogens with zero attached hydrogens (tertiary/aromatic N) is 2. The summed E-state index contributed by atoms with van der Waals surface area (Å²) in [5.41, 5.74) is 1.76. The average Bonchev–Trinajstić information content (AvgIpc) is 2.63. The lowest BCUT2D eigenvalue weighted by Gasteiger charge is -1.86. The number of hydrogen-bond acceptors (Lipinski definition) is 5. The number of imidazole rings is 1. The van der Waals surface area contributed by atoms with Gasteiger partial charge in [-0.05, 0) is 12.1 Å². The van der Waals surface area contributed by atoms with Crippen LogP contribution in [0.25, 0.3) is 11.2 Å². The normalized spacial score (nSPS) is 13.9. The van der Waals surface area contributed by atoms with E-state index in [2.05, 4.69) is 19.3 Å². The number of H-pyrrole nitrogens is 1. The predicted octanol–water partition coefficient (Wildman–Crippen LogP) is 0.725. The SMILES string of the molecule is O=[PH](O)O[PH](=O)O.c1cnc2nc[nH]c2c1. The zero-order valence-corrected chi connectivity index (χ0v) is 9.82. The minimum atomic E-state index is -3.20. The van der Waals surface area contributed by atoms with Crippen molar-refractivity contribution < 1.29 is 23.2 Å². The third-order valence-corrected chi connectivity index (χ3v) is 2.77. The number of hydrogen-bond donors (Lipinski definition) is 3. The van der Waals surface area contributed by atoms with E-state index >= 15 is 0 Å². The van der Waals surface area contributed by atoms with Crippen LogP contribution >= 0.6 is 16.5 Å². The Labute approximate surface area is 91.2 Å². The molecular formula is C6H9N3O5P2. The third kappa shape index (κ3) is 4.65. The van der Waals surface area contributed by atoms with E-state index in [1.54, 1.807) is 12.5 Å². The van der Waals surface area contributed by atoms with Gasteiger partial charge < -0.3 is 14.8 Å². The van der Waals surface area contributed by atoms with Crippen molar-refractivity contribution in [3.8, 4) is 0 Å². The Balaban J connectivity index is 0.000000168. The highest BCUT2D eigenvalue weighted by molar-refractivity contribution is 7.46. The summed E-state index contributed by atoms with van der Waals surface area (Å²) < 4.78 is 22.3. The molecule has 2 aromatic rings. The van der Waals surface area contributed by atoms with Gasteiger partial charge >= 0.3 is 16.5 Å². The summed E-state index contributed by atoms with van der Waals surface area (Å²) in [5, 5.41) is 0. The molecule has 16 heavy (non-hydrogen) atoms. The molecule has 2 unspecified atom stereocenters. The predicted molar refractivity (Wildman–Crippen MR) is 57.4 cm³/mol. The van der Waals surface area contributed by atoms with E-state index < -0.39 is 16.5 Å². The fraction of sp³-hybridized carbons (Fsp3) is 0. The quantitative estimate of drug-likeness (QED) is 0.683. The summed E-state index contributed by atoms with van der Waals surface area (Å²) in [5.74, 6) is 0. The summed E-state index contributed by atoms with van der Waals surface area (Å²) in [6, 6.07) is 3.82. The molecule has 0 spiro atoms. The van der Waals surface area contributed by atoms with Crippen LogP contribution in [0.4, 0.5) is 0 Å². The van der Waals surface area contributed by atoms with Crippen LogP contribution in [0.3, 0.4) is 0 Å². The maximum Gasteiger partial charge on any atom is 0.323 e. The van der Waals surface area contributed by atoms with Gasteiger partial charge in [-0.1, -0.05) is 0 Å². The molecule has 0 aliphatic carbocycles. The molecule has 0 aromatic carbocycles. The van der Waals surface area contributed by atoms with Gasteiger partial charge in [-0.3, -0.25) is 9.13 Å². The molecule has 8 nitrogen and oxygen atoms in total. The molecule has 0 saturated heterocycles. The molecule has 0 amide bonds. The second-order valence-electron chi connectivity index (χ2n) is 2.41. The van der Waals surface area contributed by atoms with E-state index in [-0.39, 0.29) is 0 Å². The number of nitrogens with one attached hydrogen (secondary N) is 1. The molecule has 10 heteroatoms. The molecule has 2 atom stereocenters. The van der Waals surface area contributed by atoms with E-state index in [0.717, 1.165) is 11.2 Å². The topological polar surface area (TPSA) is 125 Å². The van der Waals surface area contributed by atoms with Gasteiger partial charge in [0.2, 0.25) is 0 Å². The first kappa shape index (κ1) is 13.0. The summed E-state index contributed by atoms with van der Waals surface area (Å²) in [6.07, 6.45) is 3.36. The Morgan fingerprint density at radius 3 is 2.44 bits per heavy atom. The van der Waals surface area contributed by atoms with E-state index in [0.29, 0.717) is 0 Å². The zero-order chi connectivity index (χ0) is 12.0. The Morgan fingerprint density at radius 2 is 1.94 bits per heavy atom. The molecule has 0 saturated carbocycles. The maximum absolute atomic E-state index is 9.44. The van der Waals surface area contributed by atoms with Crippen LogP contribution in [-0.4, -0.2) is 24.7 Å². The van der Waals surface area contributed by atoms with Crippen LogP contribution in [-0.2, 0) is 13.4 Å². The highest BCUT2D eigenvalue weighted by Gasteiger charge is 1.93. The van der Waals surface area contributed by atoms with Gasteiger partial charge in [-0.15, -0.1) is 0 Å². The Morgan fingerprint density at radius 1 is 1.25 bits per heavy atom. The second kappa shape index (κ2) is 6.52. The second-order valence-corrected chi connectivity index (χ2v) is 4.29. The van der Waals surface area contributed by atoms with E-state index in [9.17, 15) is 9.13 Å². The Kier molecular flexibility index (Phi) is 5.31. The number of rotatable bonds is 2. The van der Waals surface area contributed by atoms with Crippen molar-refractivity contribution in [2.24, 2.45) is 0 Å². The van der Waals surface area contributed by atoms with Crippen LogP contribution in [0, 0.1) is 0 Å². The van der Waals surface area contributed by atoms with Crippen molar-refractivity contribution in [2.45, 2.75) is 0 Å². The van der Waals surface area contributed by atoms with Gasteiger partial charge in [0, 0.05) is 6.20 Å². The minimum absolute atomic E-state index is 0.775. The van der Waals surface area contributed by atoms with Crippen molar-refractivity contribution in [2.75, 3.05) is 0 Å². The van der Waals surface area contributed by atoms with Crippen molar-refractivity contribution in [1.82, 2.24) is 15.0 Å². The lowest BCUT2D eigenvalue weighted by molar-refractivity contribution is 0.371. The van der Waals surface area contributed by atoms with Crippen LogP contribution < -0.4 is 0 Å². The summed E-state index contributed by atoms with van der Waals surface area (Å²) in [6.45, 7) is 0. The van der Waals surface area contributed by atoms with E-state index in [1.807, 2.05) is 12.1 Å². The lowest BCUT2D eigenvalue weighted by Crippen LogP contribution is -1.71. The highest BCUT2D eigenvalue weighted by atomic mass is 31.2. The van der Waals surface area contributed by atoms with Gasteiger partial charge in [-0.2, -0.15) is 0 Å². The summed E-state index contributed by atoms with van der Waals surface area (Å²) >= 11 is 0. The van der Waals surface area contributed by atoms with Crippen LogP contribution in [0.15, 0.2) is 24.7 Å². The Bertz CT molecular complexity index is 459. The fourth-order valence-electron chi connectivity index (χ4n) is 0.850. The molecule has 0 bridgehead atoms. The van der Waals surface area contributed by atoms with Crippen LogP contribution in [0.1, 0.15) is 0 Å². The molecule has 2 heterocycles. The smallest absolute Gasteiger partial charge is 0.323 e. The van der Waals surface area contributed by atoms with Crippen molar-refractivity contribution in [3.63, 3.8) is 0 Å². The Hall–Kier alpha value is -1.04. The van der Waals surface area contributed by atoms with E-state index in [1.165, 1.54) is 0 Å². The molecule has 0 radical (unpaired) electrons. The molecule has 0 fully saturated rings. The molecule has 2 aromatic heterocycles. The molecule has 2 rings (SSSR count). The molecular weight excluding hydrogens is 256 g/mol. The van der Waals surface area contributed by atoms with Crippen LogP contribution in [0.5, 0.6) is 0 Å². The largest absolute Gasteiger partial charge is 0.343 e. The average molecular weight is 265 g/mol. The van der Waals surface area contributed by atoms with Crippen molar-refractivity contribution >= 4 is 27.7 Å². The number of pyridine rings is 1. The molecule has 88 valence electrons. The van der Waals surface area contributed by atoms with Crippen molar-refractivity contribution in [3.05, 3.63) is 24.7 Å². The minimum Gasteiger partial charge on any atom is -0.343 e. The number of aromatic nitrogens is 3. The first-order valence-electron chi connectivity index (χ1n) is 3.97. The zero-order valence-electron chi connectivity index (χ0n) is 7.82. The molecule has 0 aliphatic heterocycles. The third-order valence-electron chi connectivity index (χ3n) is 1.37. The first-order valence-corrected chi connectivity index (χ1v) is 6.50. The number of fused-ring (bicyclic) bond motifs is 1. The molecule has 0 aliphatic rings. The summed E-state index contributed by atoms with van der Waals surface area (Å²) in [4.78, 5) is 26.3. The van der Waals surface area contributed by atoms with E-state index in [4.69, 9.17) is 9.79 Å². The van der Waals surface area contributed by atoms with Crippen LogP contribution in [0.2, 0.25) is 0 Å². The van der Waals surface area contributed by atoms with Gasteiger partial charge in [0.25, 0.3) is 0 Å². The standard InChI is InChI=1S/C6H5N3.H4O5P2/c1-2-5-6(7-3-1)9-4-8-5;1-6(2)5-7(3)4/h1-4H,(H,7,8,9);6-7H,(H,1,2)(H,3,4). The molecule has 3 N–H and O–H groups in total. The first-order chi connectivity index (χ1) is 7.59. The maximum atomic E-state index is 9.44. The van der Waals surface area contributed by atoms with Gasteiger partial charge in [0.05, 0.1) is 11.8 Å². The van der Waals surface area contributed by atoms with Gasteiger partial charge in [0.1, 0.15) is 0 Å². The highest BCUT2D eigenvalue weighted by Crippen LogP contribution is 2.30.